The van der Waals surface area contributed by atoms with Gasteiger partial charge in [-0.1, -0.05) is 0 Å². The lowest BCUT2D eigenvalue weighted by Gasteiger charge is -2.14. The summed E-state index contributed by atoms with van der Waals surface area (Å²) in [5.41, 5.74) is 2.37. The number of nitrogens with zero attached hydrogens (tertiary/aromatic N) is 1. The summed E-state index contributed by atoms with van der Waals surface area (Å²) in [4.78, 5) is 4.21. The molecule has 1 aliphatic heterocycles. The summed E-state index contributed by atoms with van der Waals surface area (Å²) in [7, 11) is 0. The Labute approximate surface area is 116 Å². The number of hydrogen-bond acceptors (Lipinski definition) is 4. The van der Waals surface area contributed by atoms with Crippen LogP contribution in [-0.4, -0.2) is 21.8 Å². The summed E-state index contributed by atoms with van der Waals surface area (Å²) in [6.45, 7) is 4.71. The van der Waals surface area contributed by atoms with Gasteiger partial charge in [-0.25, -0.2) is 4.98 Å². The van der Waals surface area contributed by atoms with E-state index >= 15 is 0 Å². The Bertz CT molecular complexity index is 662. The van der Waals surface area contributed by atoms with Crippen LogP contribution in [0.15, 0.2) is 12.1 Å². The molecule has 2 heterocycles. The van der Waals surface area contributed by atoms with Gasteiger partial charge in [-0.2, -0.15) is 0 Å². The molecule has 1 aromatic heterocycles. The summed E-state index contributed by atoms with van der Waals surface area (Å²) in [6.07, 6.45) is 0.555. The van der Waals surface area contributed by atoms with Gasteiger partial charge in [-0.15, -0.1) is 0 Å². The molecule has 0 bridgehead atoms. The highest BCUT2D eigenvalue weighted by Crippen LogP contribution is 2.36. The molecule has 100 valence electrons. The molecule has 5 nitrogen and oxygen atoms in total. The normalized spacial score (nSPS) is 18.1. The first-order chi connectivity index (χ1) is 9.13. The van der Waals surface area contributed by atoms with Crippen LogP contribution in [0.4, 0.5) is 0 Å². The number of aromatic amines is 2. The van der Waals surface area contributed by atoms with E-state index in [2.05, 4.69) is 29.0 Å². The number of fused-ring (bicyclic) bond motifs is 1. The molecule has 2 N–H and O–H groups in total. The number of aromatic nitrogens is 3. The van der Waals surface area contributed by atoms with Gasteiger partial charge >= 0.3 is 0 Å². The van der Waals surface area contributed by atoms with Crippen molar-refractivity contribution in [1.29, 1.82) is 0 Å². The molecule has 1 unspecified atom stereocenters. The van der Waals surface area contributed by atoms with Gasteiger partial charge in [0, 0.05) is 6.42 Å². The van der Waals surface area contributed by atoms with Gasteiger partial charge in [0.15, 0.2) is 23.4 Å². The van der Waals surface area contributed by atoms with E-state index in [9.17, 15) is 0 Å². The number of rotatable bonds is 1. The van der Waals surface area contributed by atoms with Crippen molar-refractivity contribution in [3.8, 4) is 11.5 Å². The highest BCUT2D eigenvalue weighted by atomic mass is 32.1. The monoisotopic (exact) mass is 277 g/mol. The Morgan fingerprint density at radius 2 is 1.95 bits per heavy atom. The molecule has 6 heteroatoms. The second-order valence-corrected chi connectivity index (χ2v) is 5.07. The lowest BCUT2D eigenvalue weighted by Crippen LogP contribution is -2.10. The molecule has 19 heavy (non-hydrogen) atoms. The third-order valence-electron chi connectivity index (χ3n) is 3.29. The number of H-pyrrole nitrogens is 2. The average molecular weight is 277 g/mol. The molecular formula is C13H15N3O2S. The van der Waals surface area contributed by atoms with E-state index < -0.39 is 0 Å². The first kappa shape index (κ1) is 12.2. The number of nitrogens with one attached hydrogen (secondary N) is 2. The number of ether oxygens (including phenoxy) is 2. The maximum atomic E-state index is 6.01. The van der Waals surface area contributed by atoms with Crippen LogP contribution in [0.1, 0.15) is 29.5 Å². The smallest absolute Gasteiger partial charge is 0.213 e. The topological polar surface area (TPSA) is 62.9 Å². The lowest BCUT2D eigenvalue weighted by molar-refractivity contribution is 0.185. The van der Waals surface area contributed by atoms with Crippen LogP contribution in [0.2, 0.25) is 0 Å². The van der Waals surface area contributed by atoms with Gasteiger partial charge in [-0.3, -0.25) is 10.2 Å². The fourth-order valence-electron chi connectivity index (χ4n) is 2.08. The lowest BCUT2D eigenvalue weighted by atomic mass is 10.1. The summed E-state index contributed by atoms with van der Waals surface area (Å²) in [5, 5.41) is 5.73. The van der Waals surface area contributed by atoms with E-state index in [1.54, 1.807) is 0 Å². The second-order valence-electron chi connectivity index (χ2n) is 4.68. The standard InChI is InChI=1S/C13H15N3O2S/c1-7-5-10-11(6-8(7)2)18-9(3-4-17-10)12-14-13(19)16-15-12/h5-6,9H,3-4H2,1-2H3,(H2,14,15,16,19). The Kier molecular flexibility index (Phi) is 3.02. The largest absolute Gasteiger partial charge is 0.490 e. The first-order valence-corrected chi connectivity index (χ1v) is 6.59. The van der Waals surface area contributed by atoms with E-state index in [-0.39, 0.29) is 6.10 Å². The Hall–Kier alpha value is -1.82. The van der Waals surface area contributed by atoms with Crippen molar-refractivity contribution in [3.63, 3.8) is 0 Å². The van der Waals surface area contributed by atoms with Gasteiger partial charge in [0.2, 0.25) is 4.77 Å². The number of aryl methyl sites for hydroxylation is 2. The zero-order valence-corrected chi connectivity index (χ0v) is 11.6. The van der Waals surface area contributed by atoms with E-state index in [4.69, 9.17) is 21.7 Å². The van der Waals surface area contributed by atoms with Gasteiger partial charge in [0.1, 0.15) is 0 Å². The quantitative estimate of drug-likeness (QED) is 0.787. The maximum absolute atomic E-state index is 6.01. The molecule has 0 spiro atoms. The third-order valence-corrected chi connectivity index (χ3v) is 3.48. The van der Waals surface area contributed by atoms with Crippen molar-refractivity contribution >= 4 is 12.2 Å². The Morgan fingerprint density at radius 1 is 1.21 bits per heavy atom. The van der Waals surface area contributed by atoms with Crippen LogP contribution in [0.25, 0.3) is 0 Å². The SMILES string of the molecule is Cc1cc2c(cc1C)OC(c1nc(=S)[nH][nH]1)CCO2. The van der Waals surface area contributed by atoms with Gasteiger partial charge < -0.3 is 9.47 Å². The minimum Gasteiger partial charge on any atom is -0.490 e. The van der Waals surface area contributed by atoms with Crippen molar-refractivity contribution in [1.82, 2.24) is 15.2 Å². The van der Waals surface area contributed by atoms with Gasteiger partial charge in [0.05, 0.1) is 6.61 Å². The molecule has 0 saturated carbocycles. The molecule has 0 saturated heterocycles. The van der Waals surface area contributed by atoms with Crippen molar-refractivity contribution in [2.75, 3.05) is 6.61 Å². The molecule has 0 fully saturated rings. The van der Waals surface area contributed by atoms with Crippen LogP contribution in [-0.2, 0) is 0 Å². The van der Waals surface area contributed by atoms with E-state index in [1.165, 1.54) is 11.1 Å². The molecule has 0 aliphatic carbocycles. The summed E-state index contributed by atoms with van der Waals surface area (Å²) in [6, 6.07) is 4.02. The number of benzene rings is 1. The fourth-order valence-corrected chi connectivity index (χ4v) is 2.23. The third kappa shape index (κ3) is 2.35. The predicted molar refractivity (Wildman–Crippen MR) is 73.2 cm³/mol. The molecule has 3 rings (SSSR count). The van der Waals surface area contributed by atoms with Crippen molar-refractivity contribution < 1.29 is 9.47 Å². The molecule has 1 aliphatic rings. The first-order valence-electron chi connectivity index (χ1n) is 6.19. The minimum atomic E-state index is -0.170. The molecular weight excluding hydrogens is 262 g/mol. The van der Waals surface area contributed by atoms with Crippen molar-refractivity contribution in [3.05, 3.63) is 33.9 Å². The zero-order valence-electron chi connectivity index (χ0n) is 10.8. The second kappa shape index (κ2) is 4.70. The van der Waals surface area contributed by atoms with Crippen LogP contribution in [0, 0.1) is 18.6 Å². The van der Waals surface area contributed by atoms with E-state index in [0.29, 0.717) is 17.2 Å². The minimum absolute atomic E-state index is 0.170. The highest BCUT2D eigenvalue weighted by molar-refractivity contribution is 7.71. The predicted octanol–water partition coefficient (Wildman–Crippen LogP) is 2.99. The van der Waals surface area contributed by atoms with E-state index in [1.807, 2.05) is 12.1 Å². The molecule has 1 atom stereocenters. The molecule has 1 aromatic carbocycles. The van der Waals surface area contributed by atoms with Crippen LogP contribution >= 0.6 is 12.2 Å². The van der Waals surface area contributed by atoms with Gasteiger partial charge in [-0.05, 0) is 49.3 Å². The molecule has 0 amide bonds. The Morgan fingerprint density at radius 3 is 2.63 bits per heavy atom. The van der Waals surface area contributed by atoms with E-state index in [0.717, 1.165) is 17.9 Å². The van der Waals surface area contributed by atoms with Crippen LogP contribution in [0.3, 0.4) is 0 Å². The van der Waals surface area contributed by atoms with Crippen LogP contribution in [0.5, 0.6) is 11.5 Å². The van der Waals surface area contributed by atoms with Crippen LogP contribution < -0.4 is 9.47 Å². The summed E-state index contributed by atoms with van der Waals surface area (Å²) < 4.78 is 12.2. The molecule has 2 aromatic rings. The van der Waals surface area contributed by atoms with Crippen molar-refractivity contribution in [2.45, 2.75) is 26.4 Å². The summed E-state index contributed by atoms with van der Waals surface area (Å²) >= 11 is 4.97. The fraction of sp³-hybridized carbons (Fsp3) is 0.385. The average Bonchev–Trinajstić information content (AvgIpc) is 2.70. The molecule has 0 radical (unpaired) electrons. The number of hydrogen-bond donors (Lipinski definition) is 2. The zero-order chi connectivity index (χ0) is 13.4. The Balaban J connectivity index is 1.96. The summed E-state index contributed by atoms with van der Waals surface area (Å²) in [5.74, 6) is 2.26. The highest BCUT2D eigenvalue weighted by Gasteiger charge is 2.23. The van der Waals surface area contributed by atoms with Crippen molar-refractivity contribution in [2.24, 2.45) is 0 Å². The maximum Gasteiger partial charge on any atom is 0.213 e. The van der Waals surface area contributed by atoms with Gasteiger partial charge in [0.25, 0.3) is 0 Å².